The van der Waals surface area contributed by atoms with Crippen LogP contribution < -0.4 is 11.5 Å². The van der Waals surface area contributed by atoms with E-state index in [0.717, 1.165) is 11.6 Å². The summed E-state index contributed by atoms with van der Waals surface area (Å²) in [6.07, 6.45) is -4.53. The minimum absolute atomic E-state index is 0.0247. The van der Waals surface area contributed by atoms with Crippen molar-refractivity contribution in [2.45, 2.75) is 19.1 Å². The van der Waals surface area contributed by atoms with Crippen LogP contribution in [0.4, 0.5) is 18.9 Å². The third kappa shape index (κ3) is 3.31. The number of halogens is 4. The first kappa shape index (κ1) is 15.7. The Kier molecular flexibility index (Phi) is 4.16. The van der Waals surface area contributed by atoms with Crippen LogP contribution in [0.3, 0.4) is 0 Å². The molecule has 0 fully saturated rings. The first-order valence-corrected chi connectivity index (χ1v) is 6.60. The number of rotatable bonds is 2. The Labute approximate surface area is 125 Å². The zero-order chi connectivity index (χ0) is 15.8. The topological polar surface area (TPSA) is 52.0 Å². The molecule has 2 nitrogen and oxygen atoms in total. The molecule has 2 rings (SSSR count). The van der Waals surface area contributed by atoms with E-state index in [-0.39, 0.29) is 22.3 Å². The third-order valence-corrected chi connectivity index (χ3v) is 3.44. The molecule has 1 unspecified atom stereocenters. The maximum absolute atomic E-state index is 13.2. The van der Waals surface area contributed by atoms with Gasteiger partial charge in [0.2, 0.25) is 0 Å². The third-order valence-electron chi connectivity index (χ3n) is 3.14. The van der Waals surface area contributed by atoms with E-state index >= 15 is 0 Å². The second-order valence-corrected chi connectivity index (χ2v) is 5.24. The number of anilines is 1. The standard InChI is InChI=1S/C15H14ClF3N2/c1-8(20)9-2-4-10(5-3-9)14-12(15(17,18)19)6-11(21)7-13(14)16/h2-8H,20-21H2,1H3. The van der Waals surface area contributed by atoms with Crippen LogP contribution in [0, 0.1) is 0 Å². The first-order valence-electron chi connectivity index (χ1n) is 6.22. The van der Waals surface area contributed by atoms with Gasteiger partial charge in [0.05, 0.1) is 10.6 Å². The Balaban J connectivity index is 2.62. The highest BCUT2D eigenvalue weighted by atomic mass is 35.5. The molecular weight excluding hydrogens is 301 g/mol. The van der Waals surface area contributed by atoms with Gasteiger partial charge in [-0.25, -0.2) is 0 Å². The van der Waals surface area contributed by atoms with Crippen LogP contribution in [-0.4, -0.2) is 0 Å². The van der Waals surface area contributed by atoms with Crippen molar-refractivity contribution in [3.05, 3.63) is 52.5 Å². The lowest BCUT2D eigenvalue weighted by Crippen LogP contribution is -2.09. The van der Waals surface area contributed by atoms with Gasteiger partial charge in [-0.1, -0.05) is 35.9 Å². The van der Waals surface area contributed by atoms with Crippen LogP contribution in [0.15, 0.2) is 36.4 Å². The van der Waals surface area contributed by atoms with Crippen molar-refractivity contribution in [1.29, 1.82) is 0 Å². The minimum atomic E-state index is -4.53. The fraction of sp³-hybridized carbons (Fsp3) is 0.200. The predicted molar refractivity (Wildman–Crippen MR) is 78.9 cm³/mol. The molecule has 0 spiro atoms. The average molecular weight is 315 g/mol. The molecule has 0 amide bonds. The summed E-state index contributed by atoms with van der Waals surface area (Å²) in [5.74, 6) is 0. The lowest BCUT2D eigenvalue weighted by atomic mass is 9.96. The molecule has 0 saturated heterocycles. The summed E-state index contributed by atoms with van der Waals surface area (Å²) >= 11 is 5.97. The van der Waals surface area contributed by atoms with E-state index in [9.17, 15) is 13.2 Å². The zero-order valence-electron chi connectivity index (χ0n) is 11.2. The lowest BCUT2D eigenvalue weighted by Gasteiger charge is -2.16. The van der Waals surface area contributed by atoms with Crippen molar-refractivity contribution in [2.24, 2.45) is 5.73 Å². The van der Waals surface area contributed by atoms with Crippen molar-refractivity contribution in [1.82, 2.24) is 0 Å². The van der Waals surface area contributed by atoms with Gasteiger partial charge >= 0.3 is 6.18 Å². The Hall–Kier alpha value is -1.72. The molecule has 0 bridgehead atoms. The normalized spacial score (nSPS) is 13.2. The summed E-state index contributed by atoms with van der Waals surface area (Å²) in [4.78, 5) is 0. The second-order valence-electron chi connectivity index (χ2n) is 4.83. The summed E-state index contributed by atoms with van der Waals surface area (Å²) in [7, 11) is 0. The van der Waals surface area contributed by atoms with Crippen LogP contribution in [0.5, 0.6) is 0 Å². The molecule has 2 aromatic rings. The molecule has 112 valence electrons. The van der Waals surface area contributed by atoms with Gasteiger partial charge in [0.1, 0.15) is 0 Å². The summed E-state index contributed by atoms with van der Waals surface area (Å²) in [5, 5.41) is -0.0316. The Bertz CT molecular complexity index is 649. The number of hydrogen-bond donors (Lipinski definition) is 2. The highest BCUT2D eigenvalue weighted by Crippen LogP contribution is 2.42. The van der Waals surface area contributed by atoms with E-state index in [1.165, 1.54) is 6.07 Å². The van der Waals surface area contributed by atoms with Crippen molar-refractivity contribution in [3.63, 3.8) is 0 Å². The number of alkyl halides is 3. The van der Waals surface area contributed by atoms with Crippen LogP contribution in [0.1, 0.15) is 24.1 Å². The molecule has 0 saturated carbocycles. The van der Waals surface area contributed by atoms with Crippen molar-refractivity contribution in [3.8, 4) is 11.1 Å². The van der Waals surface area contributed by atoms with Crippen LogP contribution in [0.25, 0.3) is 11.1 Å². The number of hydrogen-bond acceptors (Lipinski definition) is 2. The SMILES string of the molecule is CC(N)c1ccc(-c2c(Cl)cc(N)cc2C(F)(F)F)cc1. The van der Waals surface area contributed by atoms with E-state index in [1.54, 1.807) is 31.2 Å². The highest BCUT2D eigenvalue weighted by molar-refractivity contribution is 6.33. The molecule has 0 aromatic heterocycles. The number of benzene rings is 2. The molecule has 6 heteroatoms. The molecule has 21 heavy (non-hydrogen) atoms. The Morgan fingerprint density at radius 2 is 1.67 bits per heavy atom. The van der Waals surface area contributed by atoms with Gasteiger partial charge in [-0.2, -0.15) is 13.2 Å². The molecule has 0 heterocycles. The van der Waals surface area contributed by atoms with Crippen LogP contribution >= 0.6 is 11.6 Å². The summed E-state index contributed by atoms with van der Waals surface area (Å²) in [6, 6.07) is 8.53. The van der Waals surface area contributed by atoms with Crippen LogP contribution in [0.2, 0.25) is 5.02 Å². The predicted octanol–water partition coefficient (Wildman–Crippen LogP) is 4.63. The second kappa shape index (κ2) is 5.58. The van der Waals surface area contributed by atoms with E-state index in [2.05, 4.69) is 0 Å². The van der Waals surface area contributed by atoms with E-state index in [1.807, 2.05) is 0 Å². The number of nitrogen functional groups attached to an aromatic ring is 1. The zero-order valence-corrected chi connectivity index (χ0v) is 12.0. The van der Waals surface area contributed by atoms with Gasteiger partial charge in [0.15, 0.2) is 0 Å². The van der Waals surface area contributed by atoms with E-state index in [4.69, 9.17) is 23.1 Å². The molecular formula is C15H14ClF3N2. The van der Waals surface area contributed by atoms with Gasteiger partial charge in [0, 0.05) is 17.3 Å². The molecule has 0 aliphatic heterocycles. The van der Waals surface area contributed by atoms with E-state index in [0.29, 0.717) is 5.56 Å². The van der Waals surface area contributed by atoms with Gasteiger partial charge in [0.25, 0.3) is 0 Å². The molecule has 1 atom stereocenters. The lowest BCUT2D eigenvalue weighted by molar-refractivity contribution is -0.137. The van der Waals surface area contributed by atoms with Crippen molar-refractivity contribution < 1.29 is 13.2 Å². The molecule has 2 aromatic carbocycles. The molecule has 0 radical (unpaired) electrons. The van der Waals surface area contributed by atoms with Gasteiger partial charge < -0.3 is 11.5 Å². The summed E-state index contributed by atoms with van der Waals surface area (Å²) < 4.78 is 39.5. The van der Waals surface area contributed by atoms with Gasteiger partial charge in [-0.05, 0) is 30.2 Å². The smallest absolute Gasteiger partial charge is 0.399 e. The van der Waals surface area contributed by atoms with E-state index < -0.39 is 11.7 Å². The van der Waals surface area contributed by atoms with Gasteiger partial charge in [-0.3, -0.25) is 0 Å². The largest absolute Gasteiger partial charge is 0.417 e. The molecule has 0 aliphatic rings. The Morgan fingerprint density at radius 1 is 1.10 bits per heavy atom. The van der Waals surface area contributed by atoms with Gasteiger partial charge in [-0.15, -0.1) is 0 Å². The maximum Gasteiger partial charge on any atom is 0.417 e. The number of nitrogens with two attached hydrogens (primary N) is 2. The van der Waals surface area contributed by atoms with Crippen molar-refractivity contribution >= 4 is 17.3 Å². The first-order chi connectivity index (χ1) is 9.70. The quantitative estimate of drug-likeness (QED) is 0.794. The highest BCUT2D eigenvalue weighted by Gasteiger charge is 2.35. The monoisotopic (exact) mass is 314 g/mol. The Morgan fingerprint density at radius 3 is 2.14 bits per heavy atom. The molecule has 0 aliphatic carbocycles. The van der Waals surface area contributed by atoms with Crippen molar-refractivity contribution in [2.75, 3.05) is 5.73 Å². The van der Waals surface area contributed by atoms with Crippen LogP contribution in [-0.2, 0) is 6.18 Å². The fourth-order valence-corrected chi connectivity index (χ4v) is 2.43. The molecule has 4 N–H and O–H groups in total. The minimum Gasteiger partial charge on any atom is -0.399 e. The summed E-state index contributed by atoms with van der Waals surface area (Å²) in [6.45, 7) is 1.80. The maximum atomic E-state index is 13.2. The summed E-state index contributed by atoms with van der Waals surface area (Å²) in [5.41, 5.74) is 11.5. The average Bonchev–Trinajstić information content (AvgIpc) is 2.37. The fourth-order valence-electron chi connectivity index (χ4n) is 2.10.